The average molecular weight is 864 g/mol. The second-order valence-corrected chi connectivity index (χ2v) is 18.2. The molecule has 0 N–H and O–H groups in total. The molecule has 0 radical (unpaired) electrons. The maximum atomic E-state index is 5.55. The van der Waals surface area contributed by atoms with E-state index in [4.69, 9.17) is 15.0 Å². The van der Waals surface area contributed by atoms with E-state index in [1.54, 1.807) is 0 Å². The van der Waals surface area contributed by atoms with Crippen molar-refractivity contribution in [1.29, 1.82) is 0 Å². The quantitative estimate of drug-likeness (QED) is 0.173. The van der Waals surface area contributed by atoms with Crippen molar-refractivity contribution in [3.63, 3.8) is 0 Å². The zero-order chi connectivity index (χ0) is 44.8. The smallest absolute Gasteiger partial charge is 0.164 e. The Labute approximate surface area is 395 Å². The largest absolute Gasteiger partial charge is 0.208 e. The highest BCUT2D eigenvalue weighted by Crippen LogP contribution is 2.61. The minimum absolute atomic E-state index is 0.626. The lowest BCUT2D eigenvalue weighted by atomic mass is 9.65. The van der Waals surface area contributed by atoms with Gasteiger partial charge in [0.05, 0.1) is 5.41 Å². The zero-order valence-corrected chi connectivity index (χ0v) is 37.1. The van der Waals surface area contributed by atoms with Gasteiger partial charge in [-0.1, -0.05) is 212 Å². The lowest BCUT2D eigenvalue weighted by molar-refractivity contribution is 0.775. The van der Waals surface area contributed by atoms with Gasteiger partial charge in [0.25, 0.3) is 0 Å². The van der Waals surface area contributed by atoms with Crippen molar-refractivity contribution in [3.8, 4) is 101 Å². The molecule has 11 aromatic rings. The Balaban J connectivity index is 1.07. The van der Waals surface area contributed by atoms with Crippen LogP contribution in [-0.4, -0.2) is 15.0 Å². The summed E-state index contributed by atoms with van der Waals surface area (Å²) >= 11 is 0. The van der Waals surface area contributed by atoms with E-state index < -0.39 is 5.41 Å². The molecule has 3 aliphatic carbocycles. The molecular weight excluding hydrogens is 823 g/mol. The first-order valence-corrected chi connectivity index (χ1v) is 23.5. The van der Waals surface area contributed by atoms with Crippen LogP contribution in [0.25, 0.3) is 101 Å². The number of hydrogen-bond acceptors (Lipinski definition) is 3. The van der Waals surface area contributed by atoms with Crippen LogP contribution in [-0.2, 0) is 11.8 Å². The van der Waals surface area contributed by atoms with Gasteiger partial charge in [-0.15, -0.1) is 0 Å². The molecule has 1 aromatic heterocycles. The summed E-state index contributed by atoms with van der Waals surface area (Å²) in [5, 5.41) is 0. The van der Waals surface area contributed by atoms with Crippen molar-refractivity contribution < 1.29 is 0 Å². The summed E-state index contributed by atoms with van der Waals surface area (Å²) in [5.41, 5.74) is 24.2. The van der Waals surface area contributed by atoms with Gasteiger partial charge in [-0.05, 0) is 131 Å². The van der Waals surface area contributed by atoms with Crippen LogP contribution in [0, 0.1) is 0 Å². The van der Waals surface area contributed by atoms with Crippen molar-refractivity contribution in [2.75, 3.05) is 0 Å². The molecule has 1 heterocycles. The molecule has 0 aliphatic heterocycles. The lowest BCUT2D eigenvalue weighted by Gasteiger charge is -2.35. The molecule has 10 aromatic carbocycles. The fraction of sp³-hybridized carbons (Fsp3) is 0.0308. The van der Waals surface area contributed by atoms with Gasteiger partial charge >= 0.3 is 0 Å². The van der Waals surface area contributed by atoms with E-state index in [2.05, 4.69) is 237 Å². The highest BCUT2D eigenvalue weighted by atomic mass is 15.0. The van der Waals surface area contributed by atoms with Gasteiger partial charge in [-0.25, -0.2) is 15.0 Å². The Morgan fingerprint density at radius 3 is 1.28 bits per heavy atom. The Morgan fingerprint density at radius 2 is 0.676 bits per heavy atom. The van der Waals surface area contributed by atoms with E-state index in [1.165, 1.54) is 77.9 Å². The van der Waals surface area contributed by atoms with Gasteiger partial charge in [0, 0.05) is 16.7 Å². The first kappa shape index (κ1) is 38.5. The van der Waals surface area contributed by atoms with Crippen LogP contribution in [0.5, 0.6) is 0 Å². The Hall–Kier alpha value is -8.79. The number of rotatable bonds is 5. The first-order valence-electron chi connectivity index (χ1n) is 23.5. The van der Waals surface area contributed by atoms with E-state index >= 15 is 0 Å². The molecule has 316 valence electrons. The molecular formula is C65H41N3. The molecule has 1 spiro atoms. The molecule has 0 amide bonds. The van der Waals surface area contributed by atoms with Crippen LogP contribution in [0.2, 0.25) is 0 Å². The summed E-state index contributed by atoms with van der Waals surface area (Å²) in [7, 11) is 0. The maximum absolute atomic E-state index is 5.55. The summed E-state index contributed by atoms with van der Waals surface area (Å²) in [4.78, 5) is 16.6. The maximum Gasteiger partial charge on any atom is 0.164 e. The van der Waals surface area contributed by atoms with Crippen LogP contribution in [0.15, 0.2) is 237 Å². The lowest BCUT2D eigenvalue weighted by Crippen LogP contribution is -2.29. The van der Waals surface area contributed by atoms with Crippen LogP contribution >= 0.6 is 0 Å². The molecule has 3 nitrogen and oxygen atoms in total. The van der Waals surface area contributed by atoms with Crippen LogP contribution < -0.4 is 0 Å². The predicted octanol–water partition coefficient (Wildman–Crippen LogP) is 15.8. The minimum Gasteiger partial charge on any atom is -0.208 e. The van der Waals surface area contributed by atoms with Crippen molar-refractivity contribution >= 4 is 0 Å². The molecule has 0 fully saturated rings. The molecule has 0 saturated carbocycles. The average Bonchev–Trinajstić information content (AvgIpc) is 3.92. The molecule has 0 atom stereocenters. The summed E-state index contributed by atoms with van der Waals surface area (Å²) < 4.78 is 0. The zero-order valence-electron chi connectivity index (χ0n) is 37.1. The number of hydrogen-bond donors (Lipinski definition) is 0. The third-order valence-electron chi connectivity index (χ3n) is 14.6. The van der Waals surface area contributed by atoms with Crippen molar-refractivity contribution in [2.45, 2.75) is 11.8 Å². The Bertz CT molecular complexity index is 3730. The second-order valence-electron chi connectivity index (χ2n) is 18.2. The second kappa shape index (κ2) is 15.1. The SMILES string of the molecule is c1ccc(-c2cc(-c3ccccc3)cc(-c3nc(-c4ccc5c(c4)C4(c6ccccc6-c6ccccc6-5)c5ccccc5-c5ccccc54)nc(-c4cccc5c4-c4ccccc4C5)n3)c2)cc1. The van der Waals surface area contributed by atoms with Gasteiger partial charge in [-0.3, -0.25) is 0 Å². The molecule has 68 heavy (non-hydrogen) atoms. The third-order valence-corrected chi connectivity index (χ3v) is 14.6. The predicted molar refractivity (Wildman–Crippen MR) is 277 cm³/mol. The van der Waals surface area contributed by atoms with Gasteiger partial charge in [-0.2, -0.15) is 0 Å². The normalized spacial score (nSPS) is 13.1. The molecule has 0 unspecified atom stereocenters. The molecule has 3 heteroatoms. The van der Waals surface area contributed by atoms with Crippen LogP contribution in [0.1, 0.15) is 33.4 Å². The summed E-state index contributed by atoms with van der Waals surface area (Å²) in [6, 6.07) is 86.2. The molecule has 14 rings (SSSR count). The standard InChI is InChI=1S/C65H41N3/c1-3-18-41(19-4-1)46-37-47(42-20-5-2-6-21-42)39-48(38-46)63-66-62(67-64(68-63)56-30-17-23-44-36-43-22-7-8-24-49(43)61(44)56)45-34-35-55-51-26-10-9-25-50(51)52-27-11-14-31-57(52)65(60(55)40-45)58-32-15-12-28-53(58)54-29-13-16-33-59(54)65/h1-35,37-40H,36H2. The van der Waals surface area contributed by atoms with E-state index in [9.17, 15) is 0 Å². The number of nitrogens with zero attached hydrogens (tertiary/aromatic N) is 3. The topological polar surface area (TPSA) is 38.7 Å². The Morgan fingerprint density at radius 1 is 0.250 bits per heavy atom. The molecule has 0 bridgehead atoms. The van der Waals surface area contributed by atoms with E-state index in [0.717, 1.165) is 45.4 Å². The summed E-state index contributed by atoms with van der Waals surface area (Å²) in [5.74, 6) is 1.91. The van der Waals surface area contributed by atoms with Crippen LogP contribution in [0.3, 0.4) is 0 Å². The van der Waals surface area contributed by atoms with Gasteiger partial charge in [0.1, 0.15) is 0 Å². The molecule has 0 saturated heterocycles. The van der Waals surface area contributed by atoms with Crippen molar-refractivity contribution in [1.82, 2.24) is 15.0 Å². The number of benzene rings is 10. The monoisotopic (exact) mass is 863 g/mol. The van der Waals surface area contributed by atoms with Crippen molar-refractivity contribution in [2.24, 2.45) is 0 Å². The third kappa shape index (κ3) is 5.76. The number of fused-ring (bicyclic) bond motifs is 15. The fourth-order valence-electron chi connectivity index (χ4n) is 11.7. The van der Waals surface area contributed by atoms with E-state index in [1.807, 2.05) is 0 Å². The Kier molecular flexibility index (Phi) is 8.56. The first-order chi connectivity index (χ1) is 33.7. The number of aromatic nitrogens is 3. The highest BCUT2D eigenvalue weighted by Gasteiger charge is 2.49. The van der Waals surface area contributed by atoms with E-state index in [-0.39, 0.29) is 0 Å². The van der Waals surface area contributed by atoms with E-state index in [0.29, 0.717) is 17.5 Å². The van der Waals surface area contributed by atoms with Gasteiger partial charge in [0.2, 0.25) is 0 Å². The summed E-state index contributed by atoms with van der Waals surface area (Å²) in [6.45, 7) is 0. The molecule has 3 aliphatic rings. The summed E-state index contributed by atoms with van der Waals surface area (Å²) in [6.07, 6.45) is 0.877. The minimum atomic E-state index is -0.634. The highest BCUT2D eigenvalue weighted by molar-refractivity contribution is 5.98. The fourth-order valence-corrected chi connectivity index (χ4v) is 11.7. The van der Waals surface area contributed by atoms with Crippen LogP contribution in [0.4, 0.5) is 0 Å². The van der Waals surface area contributed by atoms with Crippen molar-refractivity contribution in [3.05, 3.63) is 270 Å². The van der Waals surface area contributed by atoms with Gasteiger partial charge in [0.15, 0.2) is 17.5 Å². The van der Waals surface area contributed by atoms with Gasteiger partial charge < -0.3 is 0 Å².